The highest BCUT2D eigenvalue weighted by molar-refractivity contribution is 5.78. The van der Waals surface area contributed by atoms with Crippen LogP contribution in [0.1, 0.15) is 50.5 Å². The maximum absolute atomic E-state index is 12.1. The van der Waals surface area contributed by atoms with Gasteiger partial charge in [0.15, 0.2) is 0 Å². The maximum atomic E-state index is 12.1. The normalized spacial score (nSPS) is 21.6. The molecule has 2 heterocycles. The predicted molar refractivity (Wildman–Crippen MR) is 87.3 cm³/mol. The Morgan fingerprint density at radius 3 is 2.64 bits per heavy atom. The van der Waals surface area contributed by atoms with Crippen molar-refractivity contribution in [1.82, 2.24) is 15.2 Å². The van der Waals surface area contributed by atoms with E-state index in [0.717, 1.165) is 18.7 Å². The lowest BCUT2D eigenvalue weighted by atomic mass is 9.68. The molecule has 1 aromatic rings. The molecule has 1 N–H and O–H groups in total. The van der Waals surface area contributed by atoms with E-state index in [-0.39, 0.29) is 5.91 Å². The van der Waals surface area contributed by atoms with E-state index in [0.29, 0.717) is 18.5 Å². The van der Waals surface area contributed by atoms with Gasteiger partial charge in [0.2, 0.25) is 5.91 Å². The third kappa shape index (κ3) is 4.07. The molecule has 0 unspecified atom stereocenters. The number of nitrogens with one attached hydrogen (secondary N) is 1. The Morgan fingerprint density at radius 2 is 1.95 bits per heavy atom. The first-order chi connectivity index (χ1) is 10.8. The average Bonchev–Trinajstić information content (AvgIpc) is 2.57. The van der Waals surface area contributed by atoms with E-state index in [9.17, 15) is 4.79 Å². The summed E-state index contributed by atoms with van der Waals surface area (Å²) in [6.45, 7) is 3.28. The minimum absolute atomic E-state index is 0.128. The van der Waals surface area contributed by atoms with Crippen molar-refractivity contribution < 1.29 is 4.79 Å². The number of piperidine rings is 1. The first-order valence-corrected chi connectivity index (χ1v) is 8.64. The first-order valence-electron chi connectivity index (χ1n) is 8.64. The summed E-state index contributed by atoms with van der Waals surface area (Å²) < 4.78 is 0. The molecule has 0 bridgehead atoms. The molecule has 1 amide bonds. The molecule has 1 aromatic heterocycles. The molecule has 1 spiro atoms. The molecule has 1 saturated carbocycles. The number of likely N-dealkylation sites (tertiary alicyclic amines) is 1. The van der Waals surface area contributed by atoms with Crippen LogP contribution in [-0.2, 0) is 11.3 Å². The number of nitrogens with zero attached hydrogens (tertiary/aromatic N) is 2. The number of amides is 1. The molecule has 120 valence electrons. The van der Waals surface area contributed by atoms with Crippen LogP contribution in [0.2, 0.25) is 0 Å². The van der Waals surface area contributed by atoms with E-state index in [4.69, 9.17) is 0 Å². The van der Waals surface area contributed by atoms with Gasteiger partial charge in [-0.15, -0.1) is 0 Å². The summed E-state index contributed by atoms with van der Waals surface area (Å²) in [5.74, 6) is 0.128. The van der Waals surface area contributed by atoms with Gasteiger partial charge in [-0.2, -0.15) is 0 Å². The molecular formula is C18H27N3O. The smallest absolute Gasteiger partial charge is 0.234 e. The van der Waals surface area contributed by atoms with E-state index in [1.807, 2.05) is 12.1 Å². The molecule has 3 rings (SSSR count). The van der Waals surface area contributed by atoms with Crippen molar-refractivity contribution in [1.29, 1.82) is 0 Å². The van der Waals surface area contributed by atoms with Gasteiger partial charge in [0.1, 0.15) is 0 Å². The van der Waals surface area contributed by atoms with Crippen molar-refractivity contribution in [2.75, 3.05) is 19.6 Å². The van der Waals surface area contributed by atoms with E-state index >= 15 is 0 Å². The standard InChI is InChI=1S/C18H27N3O/c22-17(20-14-16-5-4-10-19-13-16)15-21-11-8-18(9-12-21)6-2-1-3-7-18/h4-5,10,13H,1-3,6-9,11-12,14-15H2,(H,20,22). The van der Waals surface area contributed by atoms with Crippen molar-refractivity contribution in [3.05, 3.63) is 30.1 Å². The van der Waals surface area contributed by atoms with Crippen LogP contribution in [0.25, 0.3) is 0 Å². The van der Waals surface area contributed by atoms with Crippen LogP contribution >= 0.6 is 0 Å². The zero-order valence-corrected chi connectivity index (χ0v) is 13.4. The third-order valence-electron chi connectivity index (χ3n) is 5.41. The Labute approximate surface area is 133 Å². The van der Waals surface area contributed by atoms with Gasteiger partial charge in [-0.3, -0.25) is 14.7 Å². The van der Waals surface area contributed by atoms with Crippen molar-refractivity contribution in [2.45, 2.75) is 51.5 Å². The van der Waals surface area contributed by atoms with Gasteiger partial charge in [0, 0.05) is 18.9 Å². The fourth-order valence-corrected chi connectivity index (χ4v) is 3.95. The molecule has 1 aliphatic carbocycles. The van der Waals surface area contributed by atoms with Crippen LogP contribution < -0.4 is 5.32 Å². The van der Waals surface area contributed by atoms with E-state index in [1.54, 1.807) is 12.4 Å². The number of pyridine rings is 1. The SMILES string of the molecule is O=C(CN1CCC2(CCCCC2)CC1)NCc1cccnc1. The molecule has 0 radical (unpaired) electrons. The monoisotopic (exact) mass is 301 g/mol. The topological polar surface area (TPSA) is 45.2 Å². The second-order valence-electron chi connectivity index (χ2n) is 6.97. The number of carbonyl (C=O) groups is 1. The summed E-state index contributed by atoms with van der Waals surface area (Å²) in [6, 6.07) is 3.89. The van der Waals surface area contributed by atoms with Crippen molar-refractivity contribution in [3.8, 4) is 0 Å². The average molecular weight is 301 g/mol. The highest BCUT2D eigenvalue weighted by atomic mass is 16.2. The Balaban J connectivity index is 1.39. The Morgan fingerprint density at radius 1 is 1.18 bits per heavy atom. The maximum Gasteiger partial charge on any atom is 0.234 e. The highest BCUT2D eigenvalue weighted by Gasteiger charge is 2.35. The molecule has 0 aromatic carbocycles. The van der Waals surface area contributed by atoms with Gasteiger partial charge in [0.05, 0.1) is 6.54 Å². The molecule has 2 aliphatic rings. The van der Waals surface area contributed by atoms with Gasteiger partial charge in [-0.1, -0.05) is 25.3 Å². The van der Waals surface area contributed by atoms with Gasteiger partial charge in [0.25, 0.3) is 0 Å². The van der Waals surface area contributed by atoms with Crippen molar-refractivity contribution >= 4 is 5.91 Å². The van der Waals surface area contributed by atoms with E-state index in [1.165, 1.54) is 44.9 Å². The first kappa shape index (κ1) is 15.5. The summed E-state index contributed by atoms with van der Waals surface area (Å²) in [5.41, 5.74) is 1.66. The van der Waals surface area contributed by atoms with Gasteiger partial charge in [-0.05, 0) is 55.8 Å². The fourth-order valence-electron chi connectivity index (χ4n) is 3.95. The zero-order chi connectivity index (χ0) is 15.3. The molecule has 22 heavy (non-hydrogen) atoms. The largest absolute Gasteiger partial charge is 0.351 e. The van der Waals surface area contributed by atoms with E-state index in [2.05, 4.69) is 15.2 Å². The lowest BCUT2D eigenvalue weighted by molar-refractivity contribution is -0.123. The second kappa shape index (κ2) is 7.23. The summed E-state index contributed by atoms with van der Waals surface area (Å²) >= 11 is 0. The molecule has 2 fully saturated rings. The number of rotatable bonds is 4. The van der Waals surface area contributed by atoms with Crippen LogP contribution in [0.5, 0.6) is 0 Å². The van der Waals surface area contributed by atoms with Gasteiger partial charge < -0.3 is 5.32 Å². The molecule has 1 saturated heterocycles. The molecular weight excluding hydrogens is 274 g/mol. The molecule has 4 nitrogen and oxygen atoms in total. The minimum atomic E-state index is 0.128. The second-order valence-corrected chi connectivity index (χ2v) is 6.97. The number of hydrogen-bond donors (Lipinski definition) is 1. The molecule has 1 aliphatic heterocycles. The Hall–Kier alpha value is -1.42. The Kier molecular flexibility index (Phi) is 5.08. The molecule has 0 atom stereocenters. The van der Waals surface area contributed by atoms with Crippen LogP contribution in [0.3, 0.4) is 0 Å². The fraction of sp³-hybridized carbons (Fsp3) is 0.667. The van der Waals surface area contributed by atoms with Crippen molar-refractivity contribution in [2.24, 2.45) is 5.41 Å². The number of carbonyl (C=O) groups excluding carboxylic acids is 1. The lowest BCUT2D eigenvalue weighted by Crippen LogP contribution is -2.45. The zero-order valence-electron chi connectivity index (χ0n) is 13.4. The summed E-state index contributed by atoms with van der Waals surface area (Å²) in [4.78, 5) is 18.5. The summed E-state index contributed by atoms with van der Waals surface area (Å²) in [5, 5.41) is 3.00. The van der Waals surface area contributed by atoms with Gasteiger partial charge >= 0.3 is 0 Å². The quantitative estimate of drug-likeness (QED) is 0.930. The van der Waals surface area contributed by atoms with Crippen LogP contribution in [0.15, 0.2) is 24.5 Å². The van der Waals surface area contributed by atoms with E-state index < -0.39 is 0 Å². The summed E-state index contributed by atoms with van der Waals surface area (Å²) in [7, 11) is 0. The molecule has 4 heteroatoms. The predicted octanol–water partition coefficient (Wildman–Crippen LogP) is 2.74. The number of hydrogen-bond acceptors (Lipinski definition) is 3. The summed E-state index contributed by atoms with van der Waals surface area (Å²) in [6.07, 6.45) is 13.2. The van der Waals surface area contributed by atoms with Gasteiger partial charge in [-0.25, -0.2) is 0 Å². The third-order valence-corrected chi connectivity index (χ3v) is 5.41. The van der Waals surface area contributed by atoms with Crippen molar-refractivity contribution in [3.63, 3.8) is 0 Å². The van der Waals surface area contributed by atoms with Crippen LogP contribution in [0, 0.1) is 5.41 Å². The minimum Gasteiger partial charge on any atom is -0.351 e. The number of aromatic nitrogens is 1. The lowest BCUT2D eigenvalue weighted by Gasteiger charge is -2.44. The van der Waals surface area contributed by atoms with Crippen LogP contribution in [0.4, 0.5) is 0 Å². The Bertz CT molecular complexity index is 472. The van der Waals surface area contributed by atoms with Crippen LogP contribution in [-0.4, -0.2) is 35.4 Å². The highest BCUT2D eigenvalue weighted by Crippen LogP contribution is 2.44.